The van der Waals surface area contributed by atoms with E-state index in [0.29, 0.717) is 26.2 Å². The molecule has 0 spiro atoms. The molecule has 23 heteroatoms. The molecule has 0 amide bonds. The number of ketones is 1. The quantitative estimate of drug-likeness (QED) is 0.155. The molecule has 0 saturated heterocycles. The van der Waals surface area contributed by atoms with Crippen molar-refractivity contribution in [2.45, 2.75) is 86.0 Å². The molecule has 0 aromatic rings. The van der Waals surface area contributed by atoms with E-state index >= 15 is 0 Å². The number of rotatable bonds is 13. The van der Waals surface area contributed by atoms with Gasteiger partial charge in [-0.3, -0.25) is 4.79 Å². The second kappa shape index (κ2) is 11.3. The Morgan fingerprint density at radius 1 is 0.659 bits per heavy atom. The third-order valence-corrected chi connectivity index (χ3v) is 9.65. The van der Waals surface area contributed by atoms with Gasteiger partial charge in [0.25, 0.3) is 0 Å². The van der Waals surface area contributed by atoms with E-state index in [1.54, 1.807) is 0 Å². The van der Waals surface area contributed by atoms with E-state index in [-0.39, 0.29) is 12.8 Å². The molecule has 0 bridgehead atoms. The van der Waals surface area contributed by atoms with Crippen molar-refractivity contribution in [3.63, 3.8) is 0 Å². The van der Waals surface area contributed by atoms with Crippen LogP contribution in [0.5, 0.6) is 0 Å². The largest absolute Gasteiger partial charge is 0.460 e. The zero-order valence-electron chi connectivity index (χ0n) is 19.9. The Morgan fingerprint density at radius 3 is 1.39 bits per heavy atom. The van der Waals surface area contributed by atoms with Crippen LogP contribution < -0.4 is 0 Å². The Labute approximate surface area is 222 Å². The van der Waals surface area contributed by atoms with Gasteiger partial charge in [-0.15, -0.1) is 0 Å². The van der Waals surface area contributed by atoms with E-state index in [9.17, 15) is 87.8 Å². The van der Waals surface area contributed by atoms with Crippen LogP contribution in [0.25, 0.3) is 0 Å². The topological polar surface area (TPSA) is 60.4 Å². The van der Waals surface area contributed by atoms with E-state index in [2.05, 4.69) is 3.63 Å². The SMILES string of the molecule is CC(=O)C[S+](CC1CCCCC1)OS(=O)(=O)C(F)(F)C(F)(F)C(F)(F)C(F)(F)C(F)(F)C(F)(F)C(F)(F)C(F)(F)F. The van der Waals surface area contributed by atoms with Crippen LogP contribution in [0.3, 0.4) is 0 Å². The van der Waals surface area contributed by atoms with Crippen molar-refractivity contribution in [3.05, 3.63) is 0 Å². The average Bonchev–Trinajstić information content (AvgIpc) is 2.77. The molecule has 0 aromatic heterocycles. The van der Waals surface area contributed by atoms with Gasteiger partial charge in [-0.05, 0) is 23.4 Å². The van der Waals surface area contributed by atoms with E-state index in [1.165, 1.54) is 0 Å². The van der Waals surface area contributed by atoms with Gasteiger partial charge in [-0.25, -0.2) is 0 Å². The van der Waals surface area contributed by atoms with E-state index in [4.69, 9.17) is 0 Å². The van der Waals surface area contributed by atoms with Gasteiger partial charge in [0.2, 0.25) is 0 Å². The standard InChI is InChI=1S/C18H18F17O4S2/c1-9(36)7-40(8-10-5-3-2-4-6-10)39-41(37,38)18(34,35)16(29,30)14(25,26)12(21,22)11(19,20)13(23,24)15(27,28)17(31,32)33/h10H,2-8H2,1H3/q+1. The van der Waals surface area contributed by atoms with Crippen molar-refractivity contribution in [2.75, 3.05) is 11.5 Å². The molecule has 1 aliphatic rings. The van der Waals surface area contributed by atoms with Crippen LogP contribution >= 0.6 is 0 Å². The minimum atomic E-state index is -8.91. The third-order valence-electron chi connectivity index (χ3n) is 5.70. The molecule has 41 heavy (non-hydrogen) atoms. The number of hydrogen-bond donors (Lipinski definition) is 0. The van der Waals surface area contributed by atoms with Gasteiger partial charge in [-0.2, -0.15) is 83.1 Å². The highest BCUT2D eigenvalue weighted by molar-refractivity contribution is 8.03. The van der Waals surface area contributed by atoms with Crippen molar-refractivity contribution in [2.24, 2.45) is 5.92 Å². The molecule has 0 heterocycles. The Balaban J connectivity index is 3.58. The van der Waals surface area contributed by atoms with Crippen molar-refractivity contribution in [3.8, 4) is 0 Å². The molecular formula is C18H18F17O4S2+. The van der Waals surface area contributed by atoms with Gasteiger partial charge in [0, 0.05) is 5.92 Å². The number of carbonyl (C=O) groups is 1. The maximum absolute atomic E-state index is 14.3. The summed E-state index contributed by atoms with van der Waals surface area (Å²) >= 11 is -2.68. The van der Waals surface area contributed by atoms with Gasteiger partial charge >= 0.3 is 57.1 Å². The predicted octanol–water partition coefficient (Wildman–Crippen LogP) is 7.00. The molecule has 0 radical (unpaired) electrons. The van der Waals surface area contributed by atoms with Crippen LogP contribution in [-0.4, -0.2) is 72.7 Å². The van der Waals surface area contributed by atoms with Gasteiger partial charge in [0.1, 0.15) is 5.75 Å². The van der Waals surface area contributed by atoms with Gasteiger partial charge in [0.05, 0.1) is 0 Å². The summed E-state index contributed by atoms with van der Waals surface area (Å²) in [5, 5.41) is -7.75. The lowest BCUT2D eigenvalue weighted by molar-refractivity contribution is -0.458. The predicted molar refractivity (Wildman–Crippen MR) is 105 cm³/mol. The smallest absolute Gasteiger partial charge is 0.295 e. The highest BCUT2D eigenvalue weighted by atomic mass is 32.3. The molecule has 1 atom stereocenters. The highest BCUT2D eigenvalue weighted by Crippen LogP contribution is 2.64. The fraction of sp³-hybridized carbons (Fsp3) is 0.944. The molecule has 0 aliphatic heterocycles. The monoisotopic (exact) mass is 685 g/mol. The fourth-order valence-corrected chi connectivity index (χ4v) is 7.07. The van der Waals surface area contributed by atoms with Gasteiger partial charge < -0.3 is 0 Å². The Bertz CT molecular complexity index is 1050. The zero-order valence-corrected chi connectivity index (χ0v) is 21.5. The molecule has 1 rings (SSSR count). The van der Waals surface area contributed by atoms with E-state index in [0.717, 1.165) is 0 Å². The molecule has 1 aliphatic carbocycles. The van der Waals surface area contributed by atoms with Crippen molar-refractivity contribution >= 4 is 27.1 Å². The Morgan fingerprint density at radius 2 is 1.02 bits per heavy atom. The summed E-state index contributed by atoms with van der Waals surface area (Å²) in [7, 11) is -7.69. The summed E-state index contributed by atoms with van der Waals surface area (Å²) in [5.74, 6) is -55.5. The fourth-order valence-electron chi connectivity index (χ4n) is 3.43. The summed E-state index contributed by atoms with van der Waals surface area (Å²) in [4.78, 5) is 11.4. The first-order valence-corrected chi connectivity index (χ1v) is 13.6. The molecule has 244 valence electrons. The average molecular weight is 685 g/mol. The molecule has 1 fully saturated rings. The number of carbonyl (C=O) groups excluding carboxylic acids is 1. The molecular weight excluding hydrogens is 667 g/mol. The normalized spacial score (nSPS) is 18.9. The van der Waals surface area contributed by atoms with Crippen molar-refractivity contribution in [1.82, 2.24) is 0 Å². The summed E-state index contributed by atoms with van der Waals surface area (Å²) in [6.07, 6.45) is -5.84. The maximum atomic E-state index is 14.3. The minimum absolute atomic E-state index is 0.244. The minimum Gasteiger partial charge on any atom is -0.295 e. The lowest BCUT2D eigenvalue weighted by Gasteiger charge is -2.42. The van der Waals surface area contributed by atoms with Crippen LogP contribution in [0, 0.1) is 5.92 Å². The van der Waals surface area contributed by atoms with Crippen LogP contribution in [0.2, 0.25) is 0 Å². The first-order chi connectivity index (χ1) is 17.9. The summed E-state index contributed by atoms with van der Waals surface area (Å²) < 4.78 is 256. The van der Waals surface area contributed by atoms with Gasteiger partial charge in [0.15, 0.2) is 22.7 Å². The molecule has 1 unspecified atom stereocenters. The van der Waals surface area contributed by atoms with Crippen molar-refractivity contribution < 1.29 is 91.5 Å². The van der Waals surface area contributed by atoms with Crippen LogP contribution in [0.15, 0.2) is 0 Å². The summed E-state index contributed by atoms with van der Waals surface area (Å²) in [5.41, 5.74) is 0. The maximum Gasteiger partial charge on any atom is 0.460 e. The first-order valence-electron chi connectivity index (χ1n) is 10.7. The lowest BCUT2D eigenvalue weighted by atomic mass is 9.91. The molecule has 0 N–H and O–H groups in total. The van der Waals surface area contributed by atoms with Crippen LogP contribution in [0.4, 0.5) is 74.6 Å². The van der Waals surface area contributed by atoms with Gasteiger partial charge in [-0.1, -0.05) is 19.3 Å². The second-order valence-corrected chi connectivity index (χ2v) is 12.4. The highest BCUT2D eigenvalue weighted by Gasteiger charge is 2.96. The number of Topliss-reactive ketones (excluding diaryl/α,β-unsaturated/α-hetero) is 1. The van der Waals surface area contributed by atoms with E-state index in [1.807, 2.05) is 0 Å². The lowest BCUT2D eigenvalue weighted by Crippen LogP contribution is -2.75. The Kier molecular flexibility index (Phi) is 10.4. The molecule has 1 saturated carbocycles. The third kappa shape index (κ3) is 6.21. The zero-order chi connectivity index (χ0) is 32.9. The number of hydrogen-bond acceptors (Lipinski definition) is 4. The first kappa shape index (κ1) is 37.8. The molecule has 4 nitrogen and oxygen atoms in total. The van der Waals surface area contributed by atoms with Crippen LogP contribution in [-0.2, 0) is 29.7 Å². The number of halogens is 17. The molecule has 0 aromatic carbocycles. The second-order valence-electron chi connectivity index (χ2n) is 8.94. The summed E-state index contributed by atoms with van der Waals surface area (Å²) in [6, 6.07) is 0. The van der Waals surface area contributed by atoms with Crippen molar-refractivity contribution in [1.29, 1.82) is 0 Å². The Hall–Kier alpha value is -1.26. The van der Waals surface area contributed by atoms with E-state index < -0.39 is 91.5 Å². The summed E-state index contributed by atoms with van der Waals surface area (Å²) in [6.45, 7) is 0.692. The number of alkyl halides is 17. The van der Waals surface area contributed by atoms with Crippen LogP contribution in [0.1, 0.15) is 39.0 Å².